The Morgan fingerprint density at radius 3 is 2.67 bits per heavy atom. The van der Waals surface area contributed by atoms with Crippen LogP contribution in [0.2, 0.25) is 0 Å². The van der Waals surface area contributed by atoms with Crippen LogP contribution >= 0.6 is 0 Å². The Morgan fingerprint density at radius 2 is 2.05 bits per heavy atom. The van der Waals surface area contributed by atoms with E-state index in [2.05, 4.69) is 23.8 Å². The number of nitrogens with two attached hydrogens (primary N) is 1. The molecular weight excluding hydrogens is 279 g/mol. The summed E-state index contributed by atoms with van der Waals surface area (Å²) in [4.78, 5) is 4.49. The molecule has 0 aromatic heterocycles. The maximum absolute atomic E-state index is 12.7. The van der Waals surface area contributed by atoms with Gasteiger partial charge >= 0.3 is 6.18 Å². The van der Waals surface area contributed by atoms with E-state index in [1.807, 2.05) is 0 Å². The number of likely N-dealkylation sites (N-methyl/N-ethyl adjacent to an activating group) is 1. The summed E-state index contributed by atoms with van der Waals surface area (Å²) < 4.78 is 38.2. The van der Waals surface area contributed by atoms with E-state index < -0.39 is 17.8 Å². The van der Waals surface area contributed by atoms with Crippen molar-refractivity contribution in [3.63, 3.8) is 0 Å². The first-order chi connectivity index (χ1) is 9.77. The van der Waals surface area contributed by atoms with Gasteiger partial charge in [-0.05, 0) is 31.7 Å². The molecule has 0 radical (unpaired) electrons. The third-order valence-electron chi connectivity index (χ3n) is 4.14. The lowest BCUT2D eigenvalue weighted by molar-refractivity contribution is -0.137. The zero-order valence-electron chi connectivity index (χ0n) is 12.4. The molecule has 1 fully saturated rings. The van der Waals surface area contributed by atoms with Gasteiger partial charge in [-0.2, -0.15) is 13.2 Å². The molecule has 1 saturated heterocycles. The Hall–Kier alpha value is -1.11. The number of hydrogen-bond acceptors (Lipinski definition) is 3. The zero-order valence-corrected chi connectivity index (χ0v) is 12.4. The standard InChI is InChI=1S/C15H22F3N3/c1-11-9-21(7-6-20(11)2)10-14(19)12-4-3-5-13(8-12)15(16,17)18/h3-5,8,11,14H,6-7,9-10,19H2,1-2H3. The molecule has 2 rings (SSSR count). The van der Waals surface area contributed by atoms with Crippen molar-refractivity contribution in [2.75, 3.05) is 33.2 Å². The van der Waals surface area contributed by atoms with Crippen molar-refractivity contribution in [2.45, 2.75) is 25.2 Å². The lowest BCUT2D eigenvalue weighted by atomic mass is 10.0. The first-order valence-corrected chi connectivity index (χ1v) is 7.12. The average molecular weight is 301 g/mol. The van der Waals surface area contributed by atoms with Gasteiger partial charge in [0, 0.05) is 38.3 Å². The van der Waals surface area contributed by atoms with Gasteiger partial charge in [0.2, 0.25) is 0 Å². The maximum Gasteiger partial charge on any atom is 0.416 e. The Labute approximate surface area is 123 Å². The number of halogens is 3. The Bertz CT molecular complexity index is 475. The molecule has 1 aromatic carbocycles. The molecule has 1 aliphatic rings. The number of rotatable bonds is 3. The fraction of sp³-hybridized carbons (Fsp3) is 0.600. The number of alkyl halides is 3. The van der Waals surface area contributed by atoms with Crippen molar-refractivity contribution in [1.29, 1.82) is 0 Å². The van der Waals surface area contributed by atoms with E-state index >= 15 is 0 Å². The van der Waals surface area contributed by atoms with E-state index in [0.717, 1.165) is 31.8 Å². The van der Waals surface area contributed by atoms with Crippen molar-refractivity contribution in [1.82, 2.24) is 9.80 Å². The summed E-state index contributed by atoms with van der Waals surface area (Å²) in [5, 5.41) is 0. The van der Waals surface area contributed by atoms with Crippen LogP contribution in [0.1, 0.15) is 24.1 Å². The molecule has 0 amide bonds. The van der Waals surface area contributed by atoms with E-state index in [1.165, 1.54) is 6.07 Å². The summed E-state index contributed by atoms with van der Waals surface area (Å²) in [6.45, 7) is 5.47. The van der Waals surface area contributed by atoms with Crippen LogP contribution in [0, 0.1) is 0 Å². The molecular formula is C15H22F3N3. The molecule has 1 heterocycles. The molecule has 2 N–H and O–H groups in total. The molecule has 118 valence electrons. The van der Waals surface area contributed by atoms with Crippen LogP contribution in [-0.4, -0.2) is 49.1 Å². The molecule has 0 spiro atoms. The van der Waals surface area contributed by atoms with E-state index in [4.69, 9.17) is 5.73 Å². The van der Waals surface area contributed by atoms with Crippen molar-refractivity contribution in [3.05, 3.63) is 35.4 Å². The second kappa shape index (κ2) is 6.34. The van der Waals surface area contributed by atoms with E-state index in [-0.39, 0.29) is 0 Å². The Kier molecular flexibility index (Phi) is 4.91. The van der Waals surface area contributed by atoms with Gasteiger partial charge in [-0.1, -0.05) is 12.1 Å². The largest absolute Gasteiger partial charge is 0.416 e. The van der Waals surface area contributed by atoms with Gasteiger partial charge in [-0.15, -0.1) is 0 Å². The second-order valence-corrected chi connectivity index (χ2v) is 5.82. The van der Waals surface area contributed by atoms with Crippen LogP contribution in [-0.2, 0) is 6.18 Å². The van der Waals surface area contributed by atoms with Crippen LogP contribution < -0.4 is 5.73 Å². The minimum atomic E-state index is -4.32. The van der Waals surface area contributed by atoms with Crippen LogP contribution in [0.3, 0.4) is 0 Å². The SMILES string of the molecule is CC1CN(CC(N)c2cccc(C(F)(F)F)c2)CCN1C. The summed E-state index contributed by atoms with van der Waals surface area (Å²) in [6.07, 6.45) is -4.32. The van der Waals surface area contributed by atoms with Gasteiger partial charge in [0.15, 0.2) is 0 Å². The molecule has 1 aliphatic heterocycles. The third kappa shape index (κ3) is 4.18. The number of piperazine rings is 1. The summed E-state index contributed by atoms with van der Waals surface area (Å²) in [5.74, 6) is 0. The van der Waals surface area contributed by atoms with Gasteiger partial charge in [0.1, 0.15) is 0 Å². The van der Waals surface area contributed by atoms with E-state index in [9.17, 15) is 13.2 Å². The fourth-order valence-electron chi connectivity index (χ4n) is 2.62. The average Bonchev–Trinajstić information content (AvgIpc) is 2.42. The van der Waals surface area contributed by atoms with E-state index in [1.54, 1.807) is 6.07 Å². The van der Waals surface area contributed by atoms with Gasteiger partial charge in [0.25, 0.3) is 0 Å². The molecule has 6 heteroatoms. The topological polar surface area (TPSA) is 32.5 Å². The highest BCUT2D eigenvalue weighted by Gasteiger charge is 2.31. The van der Waals surface area contributed by atoms with Gasteiger partial charge in [0.05, 0.1) is 5.56 Å². The van der Waals surface area contributed by atoms with Crippen molar-refractivity contribution >= 4 is 0 Å². The molecule has 3 nitrogen and oxygen atoms in total. The number of nitrogens with zero attached hydrogens (tertiary/aromatic N) is 2. The third-order valence-corrected chi connectivity index (χ3v) is 4.14. The highest BCUT2D eigenvalue weighted by molar-refractivity contribution is 5.28. The molecule has 0 aliphatic carbocycles. The van der Waals surface area contributed by atoms with Crippen LogP contribution in [0.5, 0.6) is 0 Å². The predicted molar refractivity (Wildman–Crippen MR) is 76.9 cm³/mol. The van der Waals surface area contributed by atoms with Gasteiger partial charge < -0.3 is 10.6 Å². The van der Waals surface area contributed by atoms with Gasteiger partial charge in [-0.25, -0.2) is 0 Å². The highest BCUT2D eigenvalue weighted by atomic mass is 19.4. The van der Waals surface area contributed by atoms with Crippen LogP contribution in [0.15, 0.2) is 24.3 Å². The maximum atomic E-state index is 12.7. The normalized spacial score (nSPS) is 23.2. The van der Waals surface area contributed by atoms with Crippen LogP contribution in [0.25, 0.3) is 0 Å². The molecule has 0 bridgehead atoms. The summed E-state index contributed by atoms with van der Waals surface area (Å²) in [7, 11) is 2.08. The molecule has 2 unspecified atom stereocenters. The van der Waals surface area contributed by atoms with Crippen LogP contribution in [0.4, 0.5) is 13.2 Å². The molecule has 0 saturated carbocycles. The molecule has 21 heavy (non-hydrogen) atoms. The lowest BCUT2D eigenvalue weighted by Crippen LogP contribution is -2.51. The summed E-state index contributed by atoms with van der Waals surface area (Å²) in [6, 6.07) is 5.36. The number of hydrogen-bond donors (Lipinski definition) is 1. The Morgan fingerprint density at radius 1 is 1.33 bits per heavy atom. The minimum absolute atomic E-state index is 0.400. The minimum Gasteiger partial charge on any atom is -0.323 e. The molecule has 1 aromatic rings. The first-order valence-electron chi connectivity index (χ1n) is 7.12. The number of benzene rings is 1. The smallest absolute Gasteiger partial charge is 0.323 e. The molecule has 2 atom stereocenters. The van der Waals surface area contributed by atoms with Gasteiger partial charge in [-0.3, -0.25) is 4.90 Å². The monoisotopic (exact) mass is 301 g/mol. The van der Waals surface area contributed by atoms with E-state index in [0.29, 0.717) is 18.2 Å². The predicted octanol–water partition coefficient (Wildman–Crippen LogP) is 2.34. The fourth-order valence-corrected chi connectivity index (χ4v) is 2.62. The van der Waals surface area contributed by atoms with Crippen molar-refractivity contribution < 1.29 is 13.2 Å². The summed E-state index contributed by atoms with van der Waals surface area (Å²) in [5.41, 5.74) is 6.00. The highest BCUT2D eigenvalue weighted by Crippen LogP contribution is 2.30. The summed E-state index contributed by atoms with van der Waals surface area (Å²) >= 11 is 0. The zero-order chi connectivity index (χ0) is 15.6. The van der Waals surface area contributed by atoms with Crippen molar-refractivity contribution in [3.8, 4) is 0 Å². The Balaban J connectivity index is 2.02. The quantitative estimate of drug-likeness (QED) is 0.930. The first kappa shape index (κ1) is 16.3. The lowest BCUT2D eigenvalue weighted by Gasteiger charge is -2.38. The second-order valence-electron chi connectivity index (χ2n) is 5.82. The van der Waals surface area contributed by atoms with Crippen molar-refractivity contribution in [2.24, 2.45) is 5.73 Å².